The second kappa shape index (κ2) is 10.4. The fourth-order valence-corrected chi connectivity index (χ4v) is 6.85. The van der Waals surface area contributed by atoms with Crippen LogP contribution in [0.15, 0.2) is 65.8 Å². The van der Waals surface area contributed by atoms with E-state index in [9.17, 15) is 14.7 Å². The molecule has 0 bridgehead atoms. The Hall–Kier alpha value is -3.93. The number of hydrogen-bond donors (Lipinski definition) is 0. The van der Waals surface area contributed by atoms with Gasteiger partial charge in [0.05, 0.1) is 11.5 Å². The zero-order chi connectivity index (χ0) is 29.8. The summed E-state index contributed by atoms with van der Waals surface area (Å²) < 4.78 is 8.09. The number of esters is 1. The Morgan fingerprint density at radius 3 is 2.31 bits per heavy atom. The zero-order valence-corrected chi connectivity index (χ0v) is 25.4. The number of ether oxygens (including phenoxy) is 1. The lowest BCUT2D eigenvalue weighted by atomic mass is 9.64. The lowest BCUT2D eigenvalue weighted by Crippen LogP contribution is -2.32. The van der Waals surface area contributed by atoms with Crippen molar-refractivity contribution in [2.45, 2.75) is 71.3 Å². The van der Waals surface area contributed by atoms with Crippen LogP contribution in [0.4, 0.5) is 5.69 Å². The Labute approximate surface area is 248 Å². The molecule has 0 unspecified atom stereocenters. The van der Waals surface area contributed by atoms with Gasteiger partial charge in [0.2, 0.25) is 0 Å². The number of hydrogen-bond acceptors (Lipinski definition) is 5. The summed E-state index contributed by atoms with van der Waals surface area (Å²) in [6, 6.07) is 11.3. The summed E-state index contributed by atoms with van der Waals surface area (Å²) in [7, 11) is 0. The summed E-state index contributed by atoms with van der Waals surface area (Å²) in [5.74, 6) is -1.76. The van der Waals surface area contributed by atoms with Gasteiger partial charge in [-0.3, -0.25) is 0 Å². The predicted molar refractivity (Wildman–Crippen MR) is 164 cm³/mol. The molecule has 2 aromatic rings. The number of benzene rings is 2. The van der Waals surface area contributed by atoms with Gasteiger partial charge < -0.3 is 19.5 Å². The van der Waals surface area contributed by atoms with E-state index in [0.717, 1.165) is 54.0 Å². The third-order valence-electron chi connectivity index (χ3n) is 8.98. The number of rotatable bonds is 4. The molecule has 0 amide bonds. The Kier molecular flexibility index (Phi) is 6.99. The normalized spacial score (nSPS) is 19.5. The van der Waals surface area contributed by atoms with Crippen molar-refractivity contribution in [3.63, 3.8) is 0 Å². The van der Waals surface area contributed by atoms with E-state index in [-0.39, 0.29) is 11.0 Å². The molecule has 2 aliphatic carbocycles. The van der Waals surface area contributed by atoms with Crippen molar-refractivity contribution in [3.05, 3.63) is 93.6 Å². The monoisotopic (exact) mass is 564 g/mol. The van der Waals surface area contributed by atoms with E-state index < -0.39 is 17.5 Å². The minimum absolute atomic E-state index is 0.0566. The molecule has 0 aromatic heterocycles. The Bertz CT molecular complexity index is 1600. The van der Waals surface area contributed by atoms with Gasteiger partial charge in [-0.15, -0.1) is 0 Å². The molecule has 6 heteroatoms. The molecule has 218 valence electrons. The molecule has 0 spiro atoms. The first-order chi connectivity index (χ1) is 19.9. The second-order valence-electron chi connectivity index (χ2n) is 13.4. The number of carboxylic acid groups (broad SMARTS) is 1. The van der Waals surface area contributed by atoms with E-state index in [1.165, 1.54) is 49.2 Å². The number of anilines is 1. The maximum Gasteiger partial charge on any atom is 0.338 e. The van der Waals surface area contributed by atoms with Crippen molar-refractivity contribution in [2.75, 3.05) is 31.1 Å². The van der Waals surface area contributed by atoms with E-state index in [1.807, 2.05) is 20.8 Å². The summed E-state index contributed by atoms with van der Waals surface area (Å²) in [5.41, 5.74) is 7.30. The average molecular weight is 565 g/mol. The van der Waals surface area contributed by atoms with Gasteiger partial charge >= 0.3 is 5.97 Å². The van der Waals surface area contributed by atoms with Crippen LogP contribution < -0.4 is 10.0 Å². The number of carbonyl (C=O) groups excluding carboxylic acids is 2. The SMILES string of the molecule is CC(C)(C)OC(=O)c1ccc(C(=O)[O-])c(C2=C3C=CC(=[N+]4CCCC4)C=C3C(C)(C)c3cc(N4CCCC4)ccc32)c1. The number of carboxylic acids is 1. The lowest BCUT2D eigenvalue weighted by molar-refractivity contribution is -0.504. The highest BCUT2D eigenvalue weighted by atomic mass is 16.6. The van der Waals surface area contributed by atoms with Gasteiger partial charge in [-0.1, -0.05) is 26.0 Å². The molecule has 0 radical (unpaired) electrons. The summed E-state index contributed by atoms with van der Waals surface area (Å²) in [5, 5.41) is 12.5. The average Bonchev–Trinajstić information content (AvgIpc) is 3.67. The van der Waals surface area contributed by atoms with E-state index >= 15 is 0 Å². The molecule has 6 rings (SSSR count). The fourth-order valence-electron chi connectivity index (χ4n) is 6.85. The van der Waals surface area contributed by atoms with Crippen molar-refractivity contribution in [1.29, 1.82) is 0 Å². The minimum atomic E-state index is -1.27. The van der Waals surface area contributed by atoms with Gasteiger partial charge in [0.25, 0.3) is 0 Å². The molecule has 2 saturated heterocycles. The molecule has 2 fully saturated rings. The maximum absolute atomic E-state index is 13.1. The van der Waals surface area contributed by atoms with Gasteiger partial charge in [0, 0.05) is 54.7 Å². The van der Waals surface area contributed by atoms with Crippen LogP contribution in [0.2, 0.25) is 0 Å². The Morgan fingerprint density at radius 2 is 1.64 bits per heavy atom. The van der Waals surface area contributed by atoms with E-state index in [4.69, 9.17) is 4.74 Å². The first kappa shape index (κ1) is 28.2. The van der Waals surface area contributed by atoms with E-state index in [1.54, 1.807) is 6.07 Å². The Morgan fingerprint density at radius 1 is 0.929 bits per heavy atom. The van der Waals surface area contributed by atoms with Crippen LogP contribution in [-0.4, -0.2) is 54.0 Å². The van der Waals surface area contributed by atoms with Crippen LogP contribution in [0.1, 0.15) is 97.7 Å². The summed E-state index contributed by atoms with van der Waals surface area (Å²) in [6.07, 6.45) is 11.3. The molecule has 2 heterocycles. The van der Waals surface area contributed by atoms with Crippen molar-refractivity contribution in [3.8, 4) is 0 Å². The molecule has 2 aliphatic heterocycles. The summed E-state index contributed by atoms with van der Waals surface area (Å²) in [4.78, 5) is 28.1. The highest BCUT2D eigenvalue weighted by Gasteiger charge is 2.40. The molecular weight excluding hydrogens is 524 g/mol. The standard InChI is InChI=1S/C36H40N2O4/c1-35(2,3)42-34(41)23-10-13-26(33(39)40)29(20-23)32-27-14-11-24(37-16-6-7-17-37)21-30(27)36(4,5)31-22-25(12-15-28(31)32)38-18-8-9-19-38/h10-15,20-22H,6-9,16-19H2,1-5H3. The number of aromatic carboxylic acids is 1. The van der Waals surface area contributed by atoms with Gasteiger partial charge in [0.15, 0.2) is 5.71 Å². The van der Waals surface area contributed by atoms with Crippen molar-refractivity contribution < 1.29 is 24.0 Å². The van der Waals surface area contributed by atoms with Crippen molar-refractivity contribution in [2.24, 2.45) is 0 Å². The van der Waals surface area contributed by atoms with Crippen LogP contribution in [0.3, 0.4) is 0 Å². The van der Waals surface area contributed by atoms with Gasteiger partial charge in [-0.2, -0.15) is 0 Å². The van der Waals surface area contributed by atoms with Crippen molar-refractivity contribution >= 4 is 28.9 Å². The van der Waals surface area contributed by atoms with E-state index in [2.05, 4.69) is 59.8 Å². The topological polar surface area (TPSA) is 72.7 Å². The Balaban J connectivity index is 1.61. The van der Waals surface area contributed by atoms with Gasteiger partial charge in [0.1, 0.15) is 18.7 Å². The number of carbonyl (C=O) groups is 2. The van der Waals surface area contributed by atoms with Crippen LogP contribution in [0.25, 0.3) is 5.57 Å². The smallest absolute Gasteiger partial charge is 0.338 e. The molecular formula is C36H40N2O4. The molecule has 0 N–H and O–H groups in total. The molecule has 4 aliphatic rings. The quantitative estimate of drug-likeness (QED) is 0.365. The first-order valence-electron chi connectivity index (χ1n) is 15.2. The van der Waals surface area contributed by atoms with Gasteiger partial charge in [-0.25, -0.2) is 9.37 Å². The van der Waals surface area contributed by atoms with Crippen molar-refractivity contribution in [1.82, 2.24) is 0 Å². The first-order valence-corrected chi connectivity index (χ1v) is 15.2. The van der Waals surface area contributed by atoms with Crippen LogP contribution in [-0.2, 0) is 10.2 Å². The summed E-state index contributed by atoms with van der Waals surface area (Å²) in [6.45, 7) is 14.2. The molecule has 0 saturated carbocycles. The number of allylic oxidation sites excluding steroid dienone is 5. The van der Waals surface area contributed by atoms with E-state index in [0.29, 0.717) is 11.1 Å². The minimum Gasteiger partial charge on any atom is -0.545 e. The highest BCUT2D eigenvalue weighted by molar-refractivity contribution is 6.08. The molecule has 2 aromatic carbocycles. The van der Waals surface area contributed by atoms with Crippen LogP contribution >= 0.6 is 0 Å². The van der Waals surface area contributed by atoms with Crippen LogP contribution in [0, 0.1) is 0 Å². The maximum atomic E-state index is 13.1. The third-order valence-corrected chi connectivity index (χ3v) is 8.98. The summed E-state index contributed by atoms with van der Waals surface area (Å²) >= 11 is 0. The predicted octanol–water partition coefficient (Wildman–Crippen LogP) is 5.44. The lowest BCUT2D eigenvalue weighted by Gasteiger charge is -2.40. The number of nitrogens with zero attached hydrogens (tertiary/aromatic N) is 2. The molecule has 42 heavy (non-hydrogen) atoms. The number of fused-ring (bicyclic) bond motifs is 2. The molecule has 0 atom stereocenters. The largest absolute Gasteiger partial charge is 0.545 e. The zero-order valence-electron chi connectivity index (χ0n) is 25.4. The van der Waals surface area contributed by atoms with Crippen LogP contribution in [0.5, 0.6) is 0 Å². The fraction of sp³-hybridized carbons (Fsp3) is 0.417. The molecule has 6 nitrogen and oxygen atoms in total. The highest BCUT2D eigenvalue weighted by Crippen LogP contribution is 2.51. The third kappa shape index (κ3) is 5.01. The van der Waals surface area contributed by atoms with Gasteiger partial charge in [-0.05, 0) is 97.4 Å². The second-order valence-corrected chi connectivity index (χ2v) is 13.4.